The molecule has 4 N–H and O–H groups in total. The summed E-state index contributed by atoms with van der Waals surface area (Å²) in [6.45, 7) is 0. The van der Waals surface area contributed by atoms with Crippen LogP contribution < -0.4 is 0 Å². The van der Waals surface area contributed by atoms with Gasteiger partial charge in [-0.15, -0.1) is 0 Å². The van der Waals surface area contributed by atoms with E-state index in [2.05, 4.69) is 11.8 Å². The van der Waals surface area contributed by atoms with Gasteiger partial charge in [0.05, 0.1) is 0 Å². The minimum absolute atomic E-state index is 0.588. The van der Waals surface area contributed by atoms with Crippen LogP contribution in [0.25, 0.3) is 11.1 Å². The first kappa shape index (κ1) is 18.6. The van der Waals surface area contributed by atoms with Crippen molar-refractivity contribution in [2.75, 3.05) is 0 Å². The number of rotatable bonds is 4. The van der Waals surface area contributed by atoms with Crippen LogP contribution in [-0.4, -0.2) is 25.0 Å². The van der Waals surface area contributed by atoms with E-state index in [4.69, 9.17) is 19.6 Å². The smallest absolute Gasteiger partial charge is 0.324 e. The Balaban J connectivity index is 2.14. The molecule has 24 heavy (non-hydrogen) atoms. The molecule has 126 valence electrons. The van der Waals surface area contributed by atoms with Gasteiger partial charge in [0.1, 0.15) is 0 Å². The molecule has 0 saturated heterocycles. The average Bonchev–Trinajstić information content (AvgIpc) is 2.50. The molecular formula is C16H16O6P2. The maximum atomic E-state index is 11.2. The summed E-state index contributed by atoms with van der Waals surface area (Å²) in [4.78, 5) is 36.1. The molecule has 0 radical (unpaired) electrons. The van der Waals surface area contributed by atoms with Gasteiger partial charge in [0.2, 0.25) is 0 Å². The van der Waals surface area contributed by atoms with Crippen LogP contribution in [0.5, 0.6) is 0 Å². The van der Waals surface area contributed by atoms with Crippen LogP contribution in [0, 0.1) is 11.8 Å². The second-order valence-electron chi connectivity index (χ2n) is 5.11. The lowest BCUT2D eigenvalue weighted by atomic mass is 10.0. The minimum atomic E-state index is -4.93. The van der Waals surface area contributed by atoms with E-state index in [9.17, 15) is 9.13 Å². The third-order valence-corrected chi connectivity index (χ3v) is 7.01. The Morgan fingerprint density at radius 1 is 0.792 bits per heavy atom. The topological polar surface area (TPSA) is 115 Å². The molecule has 0 saturated carbocycles. The van der Waals surface area contributed by atoms with Gasteiger partial charge in [0.25, 0.3) is 0 Å². The van der Waals surface area contributed by atoms with E-state index in [0.29, 0.717) is 5.56 Å². The number of hydrogen-bond donors (Lipinski definition) is 4. The highest BCUT2D eigenvalue weighted by atomic mass is 31.2. The zero-order chi connectivity index (χ0) is 17.8. The summed E-state index contributed by atoms with van der Waals surface area (Å²) in [5, 5.41) is -2.10. The van der Waals surface area contributed by atoms with Crippen molar-refractivity contribution in [1.82, 2.24) is 0 Å². The van der Waals surface area contributed by atoms with Gasteiger partial charge in [-0.05, 0) is 23.3 Å². The zero-order valence-electron chi connectivity index (χ0n) is 12.5. The largest absolute Gasteiger partial charge is 0.341 e. The Morgan fingerprint density at radius 2 is 1.29 bits per heavy atom. The predicted octanol–water partition coefficient (Wildman–Crippen LogP) is 2.78. The molecule has 2 rings (SSSR count). The Labute approximate surface area is 139 Å². The standard InChI is InChI=1S/C16H16O6P2/c17-23(18,19)16(24(20,21)22)8-4-5-13-9-11-15(12-10-13)14-6-2-1-3-7-14/h1-3,6-7,9-12,16H,8H2,(H2,17,18,19)(H2,20,21,22). The lowest BCUT2D eigenvalue weighted by Gasteiger charge is -2.16. The Hall–Kier alpha value is -1.70. The fraction of sp³-hybridized carbons (Fsp3) is 0.125. The van der Waals surface area contributed by atoms with Crippen molar-refractivity contribution in [2.45, 2.75) is 11.8 Å². The van der Waals surface area contributed by atoms with E-state index in [1.807, 2.05) is 42.5 Å². The first-order chi connectivity index (χ1) is 11.2. The average molecular weight is 366 g/mol. The number of hydrogen-bond acceptors (Lipinski definition) is 2. The molecule has 0 aromatic heterocycles. The molecule has 0 aliphatic heterocycles. The molecule has 0 heterocycles. The lowest BCUT2D eigenvalue weighted by Crippen LogP contribution is -2.08. The van der Waals surface area contributed by atoms with Crippen LogP contribution in [0.3, 0.4) is 0 Å². The van der Waals surface area contributed by atoms with Gasteiger partial charge in [-0.2, -0.15) is 0 Å². The maximum absolute atomic E-state index is 11.2. The van der Waals surface area contributed by atoms with Crippen molar-refractivity contribution in [2.24, 2.45) is 0 Å². The molecule has 6 nitrogen and oxygen atoms in total. The van der Waals surface area contributed by atoms with Crippen LogP contribution in [0.15, 0.2) is 54.6 Å². The summed E-state index contributed by atoms with van der Waals surface area (Å²) in [5.41, 5.74) is 2.62. The van der Waals surface area contributed by atoms with Gasteiger partial charge in [-0.1, -0.05) is 54.3 Å². The van der Waals surface area contributed by atoms with Gasteiger partial charge in [-0.3, -0.25) is 9.13 Å². The highest BCUT2D eigenvalue weighted by Crippen LogP contribution is 2.61. The summed E-state index contributed by atoms with van der Waals surface area (Å²) < 4.78 is 22.3. The fourth-order valence-electron chi connectivity index (χ4n) is 2.05. The monoisotopic (exact) mass is 366 g/mol. The summed E-state index contributed by atoms with van der Waals surface area (Å²) in [6.07, 6.45) is -0.588. The molecule has 0 bridgehead atoms. The quantitative estimate of drug-likeness (QED) is 0.489. The zero-order valence-corrected chi connectivity index (χ0v) is 14.3. The summed E-state index contributed by atoms with van der Waals surface area (Å²) in [6, 6.07) is 16.9. The molecule has 0 amide bonds. The van der Waals surface area contributed by atoms with Gasteiger partial charge >= 0.3 is 15.2 Å². The molecule has 0 aliphatic carbocycles. The molecular weight excluding hydrogens is 350 g/mol. The second kappa shape index (κ2) is 7.46. The molecule has 0 atom stereocenters. The van der Waals surface area contributed by atoms with Crippen LogP contribution in [-0.2, 0) is 9.13 Å². The Kier molecular flexibility index (Phi) is 5.79. The van der Waals surface area contributed by atoms with Crippen molar-refractivity contribution < 1.29 is 28.7 Å². The minimum Gasteiger partial charge on any atom is -0.324 e. The van der Waals surface area contributed by atoms with Gasteiger partial charge in [0.15, 0.2) is 5.40 Å². The predicted molar refractivity (Wildman–Crippen MR) is 91.2 cm³/mol. The molecule has 0 unspecified atom stereocenters. The van der Waals surface area contributed by atoms with Crippen molar-refractivity contribution in [1.29, 1.82) is 0 Å². The SMILES string of the molecule is O=P(O)(O)C(CC#Cc1ccc(-c2ccccc2)cc1)P(=O)(O)O. The summed E-state index contributed by atoms with van der Waals surface area (Å²) in [7, 11) is -9.86. The fourth-order valence-corrected chi connectivity index (χ4v) is 4.28. The molecule has 0 fully saturated rings. The van der Waals surface area contributed by atoms with Crippen LogP contribution >= 0.6 is 15.2 Å². The van der Waals surface area contributed by atoms with E-state index in [1.165, 1.54) is 0 Å². The second-order valence-corrected chi connectivity index (χ2v) is 9.12. The van der Waals surface area contributed by atoms with E-state index < -0.39 is 27.0 Å². The van der Waals surface area contributed by atoms with Crippen molar-refractivity contribution in [3.05, 3.63) is 60.2 Å². The molecule has 2 aromatic carbocycles. The normalized spacial score (nSPS) is 11.9. The highest BCUT2D eigenvalue weighted by molar-refractivity contribution is 7.70. The number of benzene rings is 2. The molecule has 2 aromatic rings. The van der Waals surface area contributed by atoms with Gasteiger partial charge < -0.3 is 19.6 Å². The van der Waals surface area contributed by atoms with Crippen molar-refractivity contribution in [3.63, 3.8) is 0 Å². The third-order valence-electron chi connectivity index (χ3n) is 3.29. The van der Waals surface area contributed by atoms with E-state index in [-0.39, 0.29) is 0 Å². The highest BCUT2D eigenvalue weighted by Gasteiger charge is 2.42. The Morgan fingerprint density at radius 3 is 1.79 bits per heavy atom. The van der Waals surface area contributed by atoms with E-state index in [0.717, 1.165) is 11.1 Å². The van der Waals surface area contributed by atoms with Crippen molar-refractivity contribution >= 4 is 15.2 Å². The molecule has 8 heteroatoms. The first-order valence-corrected chi connectivity index (χ1v) is 10.3. The molecule has 0 spiro atoms. The van der Waals surface area contributed by atoms with Gasteiger partial charge in [-0.25, -0.2) is 0 Å². The molecule has 0 aliphatic rings. The van der Waals surface area contributed by atoms with Crippen molar-refractivity contribution in [3.8, 4) is 23.0 Å². The summed E-state index contributed by atoms with van der Waals surface area (Å²) >= 11 is 0. The van der Waals surface area contributed by atoms with Crippen LogP contribution in [0.4, 0.5) is 0 Å². The third kappa shape index (κ3) is 5.15. The van der Waals surface area contributed by atoms with Gasteiger partial charge in [0, 0.05) is 12.0 Å². The Bertz CT molecular complexity index is 818. The lowest BCUT2D eigenvalue weighted by molar-refractivity contribution is 0.339. The van der Waals surface area contributed by atoms with E-state index in [1.54, 1.807) is 12.1 Å². The first-order valence-electron chi connectivity index (χ1n) is 6.93. The maximum Gasteiger partial charge on any atom is 0.341 e. The van der Waals surface area contributed by atoms with E-state index >= 15 is 0 Å². The van der Waals surface area contributed by atoms with Crippen LogP contribution in [0.2, 0.25) is 0 Å². The summed E-state index contributed by atoms with van der Waals surface area (Å²) in [5.74, 6) is 5.10. The van der Waals surface area contributed by atoms with Crippen LogP contribution in [0.1, 0.15) is 12.0 Å².